The molecule has 9 heteroatoms. The van der Waals surface area contributed by atoms with Crippen molar-refractivity contribution < 1.29 is 19.4 Å². The van der Waals surface area contributed by atoms with E-state index in [-0.39, 0.29) is 6.10 Å². The molecule has 0 aliphatic carbocycles. The van der Waals surface area contributed by atoms with Gasteiger partial charge in [-0.1, -0.05) is 22.4 Å². The highest BCUT2D eigenvalue weighted by Crippen LogP contribution is 2.28. The molecule has 19 heavy (non-hydrogen) atoms. The van der Waals surface area contributed by atoms with Crippen molar-refractivity contribution in [1.82, 2.24) is 10.2 Å². The molecule has 6 nitrogen and oxygen atoms in total. The smallest absolute Gasteiger partial charge is 0.171 e. The third kappa shape index (κ3) is 4.34. The maximum Gasteiger partial charge on any atom is 0.171 e. The van der Waals surface area contributed by atoms with Gasteiger partial charge in [0.25, 0.3) is 0 Å². The molecule has 1 unspecified atom stereocenters. The Kier molecular flexibility index (Phi) is 5.43. The van der Waals surface area contributed by atoms with Crippen molar-refractivity contribution in [2.24, 2.45) is 0 Å². The fourth-order valence-corrected chi connectivity index (χ4v) is 2.60. The van der Waals surface area contributed by atoms with Crippen molar-refractivity contribution in [1.29, 1.82) is 0 Å². The van der Waals surface area contributed by atoms with Crippen molar-refractivity contribution in [3.05, 3.63) is 29.3 Å². The fourth-order valence-electron chi connectivity index (χ4n) is 1.30. The molecule has 102 valence electrons. The Morgan fingerprint density at radius 3 is 2.95 bits per heavy atom. The Morgan fingerprint density at radius 1 is 1.42 bits per heavy atom. The molecule has 0 amide bonds. The number of hydrogen-bond acceptors (Lipinski definition) is 9. The summed E-state index contributed by atoms with van der Waals surface area (Å²) in [4.78, 5) is 0.728. The van der Waals surface area contributed by atoms with Crippen LogP contribution in [0.5, 0.6) is 5.75 Å². The molecule has 0 saturated heterocycles. The van der Waals surface area contributed by atoms with Crippen molar-refractivity contribution in [3.63, 3.8) is 0 Å². The predicted octanol–water partition coefficient (Wildman–Crippen LogP) is 3.40. The average Bonchev–Trinajstić information content (AvgIpc) is 2.83. The lowest BCUT2D eigenvalue weighted by atomic mass is 10.3. The van der Waals surface area contributed by atoms with E-state index in [1.54, 1.807) is 18.2 Å². The number of aromatic nitrogens is 2. The van der Waals surface area contributed by atoms with E-state index in [9.17, 15) is 0 Å². The van der Waals surface area contributed by atoms with Crippen LogP contribution in [0.3, 0.4) is 0 Å². The van der Waals surface area contributed by atoms with Gasteiger partial charge in [-0.3, -0.25) is 0 Å². The largest absolute Gasteiger partial charge is 0.483 e. The zero-order chi connectivity index (χ0) is 13.7. The summed E-state index contributed by atoms with van der Waals surface area (Å²) in [5, 5.41) is 20.2. The van der Waals surface area contributed by atoms with Gasteiger partial charge in [0.1, 0.15) is 11.9 Å². The number of ether oxygens (including phenoxy) is 1. The molecule has 1 atom stereocenters. The summed E-state index contributed by atoms with van der Waals surface area (Å²) >= 11 is 6.35. The molecule has 0 saturated carbocycles. The Labute approximate surface area is 123 Å². The first-order valence-electron chi connectivity index (χ1n) is 5.13. The van der Waals surface area contributed by atoms with E-state index in [1.807, 2.05) is 13.0 Å². The Bertz CT molecular complexity index is 537. The standard InChI is InChI=1S/C10H10N2O4S3/c1-6(9-11-12-10(17)18-9)14-7-3-2-4-8(5-7)19-16-15-13/h2-6,13H,1H3,(H,12,17). The van der Waals surface area contributed by atoms with Crippen molar-refractivity contribution in [2.45, 2.75) is 22.3 Å². The van der Waals surface area contributed by atoms with Crippen LogP contribution < -0.4 is 4.74 Å². The molecule has 1 aromatic carbocycles. The van der Waals surface area contributed by atoms with Gasteiger partial charge in [0.15, 0.2) is 9.35 Å². The van der Waals surface area contributed by atoms with Crippen LogP contribution >= 0.6 is 36.0 Å². The number of nitrogens with zero attached hydrogens (tertiary/aromatic N) is 2. The minimum Gasteiger partial charge on any atom is -0.483 e. The number of hydrogen-bond donors (Lipinski definition) is 2. The molecule has 0 bridgehead atoms. The molecule has 2 rings (SSSR count). The fraction of sp³-hybridized carbons (Fsp3) is 0.200. The minimum atomic E-state index is -0.228. The molecule has 0 aliphatic heterocycles. The van der Waals surface area contributed by atoms with Crippen LogP contribution in [0.1, 0.15) is 18.0 Å². The molecule has 0 radical (unpaired) electrons. The third-order valence-electron chi connectivity index (χ3n) is 2.06. The Balaban J connectivity index is 2.02. The molecular formula is C10H10N2O4S3. The number of rotatable bonds is 6. The third-order valence-corrected chi connectivity index (χ3v) is 3.88. The van der Waals surface area contributed by atoms with Crippen molar-refractivity contribution >= 4 is 36.0 Å². The highest BCUT2D eigenvalue weighted by Gasteiger charge is 2.13. The second-order valence-electron chi connectivity index (χ2n) is 3.38. The van der Waals surface area contributed by atoms with Crippen LogP contribution in [0.25, 0.3) is 0 Å². The van der Waals surface area contributed by atoms with Crippen LogP contribution in [0.15, 0.2) is 33.5 Å². The monoisotopic (exact) mass is 318 g/mol. The lowest BCUT2D eigenvalue weighted by Crippen LogP contribution is -2.02. The van der Waals surface area contributed by atoms with Crippen molar-refractivity contribution in [3.8, 4) is 5.75 Å². The molecule has 0 fully saturated rings. The average molecular weight is 318 g/mol. The van der Waals surface area contributed by atoms with Gasteiger partial charge in [-0.25, -0.2) is 5.26 Å². The first-order chi connectivity index (χ1) is 9.19. The Morgan fingerprint density at radius 2 is 2.26 bits per heavy atom. The summed E-state index contributed by atoms with van der Waals surface area (Å²) in [6.07, 6.45) is -0.228. The van der Waals surface area contributed by atoms with E-state index in [0.29, 0.717) is 10.1 Å². The molecule has 0 spiro atoms. The van der Waals surface area contributed by atoms with Gasteiger partial charge in [-0.15, -0.1) is 27.2 Å². The van der Waals surface area contributed by atoms with Gasteiger partial charge in [-0.2, -0.15) is 0 Å². The van der Waals surface area contributed by atoms with E-state index in [2.05, 4.69) is 32.2 Å². The van der Waals surface area contributed by atoms with Crippen LogP contribution in [0.2, 0.25) is 0 Å². The van der Waals surface area contributed by atoms with Gasteiger partial charge in [0.05, 0.1) is 12.0 Å². The minimum absolute atomic E-state index is 0.228. The quantitative estimate of drug-likeness (QED) is 0.366. The maximum absolute atomic E-state index is 8.10. The lowest BCUT2D eigenvalue weighted by Gasteiger charge is -2.12. The predicted molar refractivity (Wildman–Crippen MR) is 73.3 cm³/mol. The van der Waals surface area contributed by atoms with Crippen LogP contribution in [0.4, 0.5) is 0 Å². The highest BCUT2D eigenvalue weighted by molar-refractivity contribution is 7.94. The molecule has 1 N–H and O–H groups in total. The molecule has 0 aliphatic rings. The topological polar surface area (TPSA) is 73.7 Å². The first kappa shape index (κ1) is 14.6. The maximum atomic E-state index is 8.10. The van der Waals surface area contributed by atoms with Crippen LogP contribution in [0, 0.1) is 0 Å². The Hall–Kier alpha value is -0.840. The highest BCUT2D eigenvalue weighted by atomic mass is 32.2. The molecule has 1 aromatic heterocycles. The van der Waals surface area contributed by atoms with E-state index in [1.165, 1.54) is 11.3 Å². The summed E-state index contributed by atoms with van der Waals surface area (Å²) in [5.74, 6) is 0.648. The van der Waals surface area contributed by atoms with E-state index < -0.39 is 0 Å². The molecular weight excluding hydrogens is 308 g/mol. The second-order valence-corrected chi connectivity index (χ2v) is 5.89. The summed E-state index contributed by atoms with van der Waals surface area (Å²) in [6.45, 7) is 1.88. The second kappa shape index (κ2) is 7.08. The first-order valence-corrected chi connectivity index (χ1v) is 7.13. The SMILES string of the molecule is CC(Oc1cccc(SOOO)c1)c1nnc(S)s1. The number of thiol groups is 1. The van der Waals surface area contributed by atoms with Gasteiger partial charge < -0.3 is 4.74 Å². The van der Waals surface area contributed by atoms with Gasteiger partial charge in [0.2, 0.25) is 0 Å². The lowest BCUT2D eigenvalue weighted by molar-refractivity contribution is -0.432. The normalized spacial score (nSPS) is 12.4. The van der Waals surface area contributed by atoms with E-state index in [0.717, 1.165) is 21.9 Å². The van der Waals surface area contributed by atoms with Crippen LogP contribution in [-0.2, 0) is 9.37 Å². The van der Waals surface area contributed by atoms with Crippen LogP contribution in [-0.4, -0.2) is 15.5 Å². The summed E-state index contributed by atoms with van der Waals surface area (Å²) in [7, 11) is 0. The van der Waals surface area contributed by atoms with Gasteiger partial charge in [-0.05, 0) is 25.1 Å². The summed E-state index contributed by atoms with van der Waals surface area (Å²) in [5.41, 5.74) is 0. The summed E-state index contributed by atoms with van der Waals surface area (Å²) < 4.78 is 10.7. The molecule has 1 heterocycles. The van der Waals surface area contributed by atoms with E-state index >= 15 is 0 Å². The van der Waals surface area contributed by atoms with Crippen molar-refractivity contribution in [2.75, 3.05) is 0 Å². The zero-order valence-electron chi connectivity index (χ0n) is 9.72. The van der Waals surface area contributed by atoms with Gasteiger partial charge >= 0.3 is 0 Å². The summed E-state index contributed by atoms with van der Waals surface area (Å²) in [6, 6.07) is 7.15. The van der Waals surface area contributed by atoms with Gasteiger partial charge in [0, 0.05) is 4.90 Å². The molecule has 2 aromatic rings. The number of benzene rings is 1. The van der Waals surface area contributed by atoms with E-state index in [4.69, 9.17) is 9.99 Å². The zero-order valence-corrected chi connectivity index (χ0v) is 12.2.